The molecule has 4 rings (SSSR count). The fraction of sp³-hybridized carbons (Fsp3) is 0.316. The van der Waals surface area contributed by atoms with E-state index in [9.17, 15) is 4.79 Å². The SMILES string of the molecule is CCC(Sc1nc2ncccc2o1)C(=O)N1CCOc2ccc(C)cc21. The number of thioether (sulfide) groups is 1. The molecular weight excluding hydrogens is 350 g/mol. The molecule has 1 amide bonds. The molecule has 26 heavy (non-hydrogen) atoms. The highest BCUT2D eigenvalue weighted by Crippen LogP contribution is 2.35. The Morgan fingerprint density at radius 2 is 2.27 bits per heavy atom. The monoisotopic (exact) mass is 369 g/mol. The van der Waals surface area contributed by atoms with Crippen molar-refractivity contribution in [3.63, 3.8) is 0 Å². The summed E-state index contributed by atoms with van der Waals surface area (Å²) in [5, 5.41) is 0.186. The zero-order valence-corrected chi connectivity index (χ0v) is 15.5. The Morgan fingerprint density at radius 1 is 1.38 bits per heavy atom. The first kappa shape index (κ1) is 16.9. The number of oxazole rings is 1. The number of benzene rings is 1. The summed E-state index contributed by atoms with van der Waals surface area (Å²) >= 11 is 1.35. The molecule has 1 unspecified atom stereocenters. The van der Waals surface area contributed by atoms with E-state index in [0.29, 0.717) is 36.0 Å². The van der Waals surface area contributed by atoms with Crippen molar-refractivity contribution in [1.82, 2.24) is 9.97 Å². The lowest BCUT2D eigenvalue weighted by molar-refractivity contribution is -0.118. The second-order valence-electron chi connectivity index (χ2n) is 6.13. The van der Waals surface area contributed by atoms with Crippen LogP contribution in [-0.4, -0.2) is 34.3 Å². The number of fused-ring (bicyclic) bond motifs is 2. The summed E-state index contributed by atoms with van der Waals surface area (Å²) in [4.78, 5) is 23.6. The predicted octanol–water partition coefficient (Wildman–Crippen LogP) is 3.83. The van der Waals surface area contributed by atoms with Crippen LogP contribution in [0.3, 0.4) is 0 Å². The number of rotatable bonds is 4. The quantitative estimate of drug-likeness (QED) is 0.651. The molecule has 1 aliphatic rings. The topological polar surface area (TPSA) is 68.5 Å². The van der Waals surface area contributed by atoms with E-state index < -0.39 is 0 Å². The van der Waals surface area contributed by atoms with Gasteiger partial charge in [0.2, 0.25) is 5.91 Å². The average molecular weight is 369 g/mol. The van der Waals surface area contributed by atoms with Crippen LogP contribution >= 0.6 is 11.8 Å². The standard InChI is InChI=1S/C19H19N3O3S/c1-3-16(26-19-21-17-15(25-19)5-4-8-20-17)18(23)22-9-10-24-14-7-6-12(2)11-13(14)22/h4-8,11,16H,3,9-10H2,1-2H3. The lowest BCUT2D eigenvalue weighted by atomic mass is 10.1. The number of pyridine rings is 1. The number of aromatic nitrogens is 2. The van der Waals surface area contributed by atoms with Gasteiger partial charge in [-0.3, -0.25) is 4.79 Å². The van der Waals surface area contributed by atoms with Crippen molar-refractivity contribution >= 4 is 34.6 Å². The molecule has 0 saturated heterocycles. The fourth-order valence-electron chi connectivity index (χ4n) is 2.96. The van der Waals surface area contributed by atoms with Gasteiger partial charge in [0.15, 0.2) is 11.2 Å². The minimum absolute atomic E-state index is 0.0443. The summed E-state index contributed by atoms with van der Waals surface area (Å²) in [7, 11) is 0. The number of nitrogens with zero attached hydrogens (tertiary/aromatic N) is 3. The number of aryl methyl sites for hydroxylation is 1. The highest BCUT2D eigenvalue weighted by Gasteiger charge is 2.30. The van der Waals surface area contributed by atoms with E-state index in [1.807, 2.05) is 43.0 Å². The van der Waals surface area contributed by atoms with Crippen LogP contribution in [-0.2, 0) is 4.79 Å². The molecule has 6 nitrogen and oxygen atoms in total. The Bertz CT molecular complexity index is 923. The van der Waals surface area contributed by atoms with Crippen molar-refractivity contribution in [3.8, 4) is 5.75 Å². The van der Waals surface area contributed by atoms with E-state index in [4.69, 9.17) is 9.15 Å². The molecule has 1 atom stereocenters. The molecule has 0 saturated carbocycles. The van der Waals surface area contributed by atoms with E-state index in [1.54, 1.807) is 12.3 Å². The van der Waals surface area contributed by atoms with Crippen LogP contribution in [0.15, 0.2) is 46.2 Å². The molecule has 0 bridgehead atoms. The van der Waals surface area contributed by atoms with E-state index in [0.717, 1.165) is 17.0 Å². The van der Waals surface area contributed by atoms with Crippen LogP contribution < -0.4 is 9.64 Å². The summed E-state index contributed by atoms with van der Waals surface area (Å²) in [5.74, 6) is 0.795. The van der Waals surface area contributed by atoms with Gasteiger partial charge in [0.05, 0.1) is 17.5 Å². The van der Waals surface area contributed by atoms with E-state index >= 15 is 0 Å². The van der Waals surface area contributed by atoms with Gasteiger partial charge in [-0.05, 0) is 43.2 Å². The van der Waals surface area contributed by atoms with Crippen LogP contribution in [0, 0.1) is 6.92 Å². The third kappa shape index (κ3) is 3.14. The van der Waals surface area contributed by atoms with Gasteiger partial charge >= 0.3 is 0 Å². The zero-order chi connectivity index (χ0) is 18.1. The molecule has 7 heteroatoms. The smallest absolute Gasteiger partial charge is 0.259 e. The molecule has 0 N–H and O–H groups in total. The number of carbonyl (C=O) groups excluding carboxylic acids is 1. The molecule has 0 radical (unpaired) electrons. The first-order chi connectivity index (χ1) is 12.7. The minimum Gasteiger partial charge on any atom is -0.490 e. The zero-order valence-electron chi connectivity index (χ0n) is 14.6. The first-order valence-corrected chi connectivity index (χ1v) is 9.46. The maximum Gasteiger partial charge on any atom is 0.259 e. The third-order valence-electron chi connectivity index (χ3n) is 4.28. The molecular formula is C19H19N3O3S. The Hall–Kier alpha value is -2.54. The highest BCUT2D eigenvalue weighted by atomic mass is 32.2. The van der Waals surface area contributed by atoms with Gasteiger partial charge < -0.3 is 14.1 Å². The predicted molar refractivity (Wildman–Crippen MR) is 101 cm³/mol. The maximum atomic E-state index is 13.2. The van der Waals surface area contributed by atoms with Gasteiger partial charge in [0.1, 0.15) is 12.4 Å². The number of hydrogen-bond acceptors (Lipinski definition) is 6. The molecule has 3 aromatic rings. The van der Waals surface area contributed by atoms with E-state index in [1.165, 1.54) is 11.8 Å². The molecule has 0 aliphatic carbocycles. The fourth-order valence-corrected chi connectivity index (χ4v) is 3.88. The third-order valence-corrected chi connectivity index (χ3v) is 5.47. The Morgan fingerprint density at radius 3 is 3.08 bits per heavy atom. The van der Waals surface area contributed by atoms with Gasteiger partial charge in [0, 0.05) is 6.20 Å². The van der Waals surface area contributed by atoms with Gasteiger partial charge in [-0.25, -0.2) is 4.98 Å². The van der Waals surface area contributed by atoms with Crippen LogP contribution in [0.1, 0.15) is 18.9 Å². The molecule has 134 valence electrons. The lowest BCUT2D eigenvalue weighted by Gasteiger charge is -2.31. The van der Waals surface area contributed by atoms with Crippen LogP contribution in [0.5, 0.6) is 5.75 Å². The Balaban J connectivity index is 1.59. The molecule has 0 spiro atoms. The summed E-state index contributed by atoms with van der Waals surface area (Å²) in [6.45, 7) is 5.04. The molecule has 1 aromatic carbocycles. The van der Waals surface area contributed by atoms with Crippen LogP contribution in [0.25, 0.3) is 11.2 Å². The Labute approximate surface area is 155 Å². The van der Waals surface area contributed by atoms with Crippen molar-refractivity contribution in [2.75, 3.05) is 18.1 Å². The molecule has 0 fully saturated rings. The van der Waals surface area contributed by atoms with Crippen LogP contribution in [0.2, 0.25) is 0 Å². The van der Waals surface area contributed by atoms with Crippen molar-refractivity contribution < 1.29 is 13.9 Å². The maximum absolute atomic E-state index is 13.2. The Kier molecular flexibility index (Phi) is 4.55. The lowest BCUT2D eigenvalue weighted by Crippen LogP contribution is -2.42. The number of amides is 1. The summed E-state index contributed by atoms with van der Waals surface area (Å²) in [6, 6.07) is 9.53. The minimum atomic E-state index is -0.283. The second kappa shape index (κ2) is 6.99. The van der Waals surface area contributed by atoms with Gasteiger partial charge in [-0.2, -0.15) is 4.98 Å². The number of ether oxygens (including phenoxy) is 1. The van der Waals surface area contributed by atoms with E-state index in [2.05, 4.69) is 9.97 Å². The number of anilines is 1. The van der Waals surface area contributed by atoms with Crippen molar-refractivity contribution in [2.24, 2.45) is 0 Å². The van der Waals surface area contributed by atoms with E-state index in [-0.39, 0.29) is 11.2 Å². The van der Waals surface area contributed by atoms with Crippen molar-refractivity contribution in [2.45, 2.75) is 30.7 Å². The number of carbonyl (C=O) groups is 1. The molecule has 2 aromatic heterocycles. The van der Waals surface area contributed by atoms with Crippen molar-refractivity contribution in [1.29, 1.82) is 0 Å². The number of hydrogen-bond donors (Lipinski definition) is 0. The molecule has 3 heterocycles. The summed E-state index contributed by atoms with van der Waals surface area (Å²) < 4.78 is 11.4. The summed E-state index contributed by atoms with van der Waals surface area (Å²) in [5.41, 5.74) is 3.12. The van der Waals surface area contributed by atoms with Gasteiger partial charge in [-0.1, -0.05) is 24.8 Å². The largest absolute Gasteiger partial charge is 0.490 e. The normalized spacial score (nSPS) is 14.8. The first-order valence-electron chi connectivity index (χ1n) is 8.58. The van der Waals surface area contributed by atoms with Crippen LogP contribution in [0.4, 0.5) is 5.69 Å². The van der Waals surface area contributed by atoms with Gasteiger partial charge in [0.25, 0.3) is 5.22 Å². The molecule has 1 aliphatic heterocycles. The highest BCUT2D eigenvalue weighted by molar-refractivity contribution is 8.00. The average Bonchev–Trinajstić information content (AvgIpc) is 3.07. The second-order valence-corrected chi connectivity index (χ2v) is 7.28. The summed E-state index contributed by atoms with van der Waals surface area (Å²) in [6.07, 6.45) is 2.35. The van der Waals surface area contributed by atoms with Gasteiger partial charge in [-0.15, -0.1) is 0 Å². The van der Waals surface area contributed by atoms with Crippen molar-refractivity contribution in [3.05, 3.63) is 42.1 Å².